The van der Waals surface area contributed by atoms with Crippen molar-refractivity contribution in [2.24, 2.45) is 5.73 Å². The van der Waals surface area contributed by atoms with E-state index in [-0.39, 0.29) is 31.1 Å². The summed E-state index contributed by atoms with van der Waals surface area (Å²) in [5, 5.41) is 6.38. The SMILES string of the molecule is CCCC(=O)NCCCC[C@H](N)C(=O)N1CCn2c(nc(-c3ccc(F)cc3)c2Nc2ccc(C)cc2)C1.S. The quantitative estimate of drug-likeness (QED) is 0.300. The van der Waals surface area contributed by atoms with Crippen molar-refractivity contribution < 1.29 is 14.0 Å². The van der Waals surface area contributed by atoms with Gasteiger partial charge in [-0.15, -0.1) is 0 Å². The number of hydrogen-bond donors (Lipinski definition) is 3. The van der Waals surface area contributed by atoms with E-state index in [0.29, 0.717) is 44.7 Å². The van der Waals surface area contributed by atoms with Gasteiger partial charge >= 0.3 is 0 Å². The highest BCUT2D eigenvalue weighted by Gasteiger charge is 2.29. The van der Waals surface area contributed by atoms with Gasteiger partial charge in [0, 0.05) is 37.3 Å². The zero-order chi connectivity index (χ0) is 27.1. The first-order chi connectivity index (χ1) is 18.4. The van der Waals surface area contributed by atoms with Crippen LogP contribution in [0.5, 0.6) is 0 Å². The number of aromatic nitrogens is 2. The minimum Gasteiger partial charge on any atom is -0.356 e. The molecule has 3 aromatic rings. The number of hydrogen-bond acceptors (Lipinski definition) is 5. The van der Waals surface area contributed by atoms with Gasteiger partial charge in [-0.1, -0.05) is 24.6 Å². The van der Waals surface area contributed by atoms with Gasteiger partial charge in [-0.2, -0.15) is 13.5 Å². The summed E-state index contributed by atoms with van der Waals surface area (Å²) >= 11 is 0. The highest BCUT2D eigenvalue weighted by Crippen LogP contribution is 2.33. The van der Waals surface area contributed by atoms with E-state index in [1.54, 1.807) is 17.0 Å². The fourth-order valence-corrected chi connectivity index (χ4v) is 4.62. The number of nitrogens with two attached hydrogens (primary N) is 1. The number of aryl methyl sites for hydroxylation is 1. The predicted octanol–water partition coefficient (Wildman–Crippen LogP) is 4.61. The zero-order valence-corrected chi connectivity index (χ0v) is 23.7. The number of amides is 2. The normalized spacial score (nSPS) is 13.3. The third-order valence-corrected chi connectivity index (χ3v) is 6.77. The molecule has 4 rings (SSSR count). The van der Waals surface area contributed by atoms with E-state index in [0.717, 1.165) is 47.7 Å². The number of unbranched alkanes of at least 4 members (excludes halogenated alkanes) is 1. The summed E-state index contributed by atoms with van der Waals surface area (Å²) in [6.45, 7) is 6.06. The molecule has 8 nitrogen and oxygen atoms in total. The number of halogens is 1. The maximum atomic E-state index is 13.6. The molecule has 39 heavy (non-hydrogen) atoms. The monoisotopic (exact) mass is 554 g/mol. The highest BCUT2D eigenvalue weighted by molar-refractivity contribution is 7.59. The van der Waals surface area contributed by atoms with Crippen LogP contribution < -0.4 is 16.4 Å². The number of nitrogens with zero attached hydrogens (tertiary/aromatic N) is 3. The molecule has 0 bridgehead atoms. The second kappa shape index (κ2) is 14.1. The van der Waals surface area contributed by atoms with Crippen LogP contribution in [0, 0.1) is 12.7 Å². The van der Waals surface area contributed by atoms with Gasteiger partial charge in [-0.05, 0) is 69.0 Å². The van der Waals surface area contributed by atoms with Crippen molar-refractivity contribution in [3.05, 3.63) is 65.7 Å². The topological polar surface area (TPSA) is 105 Å². The summed E-state index contributed by atoms with van der Waals surface area (Å²) in [5.74, 6) is 1.24. The van der Waals surface area contributed by atoms with Crippen molar-refractivity contribution >= 4 is 36.8 Å². The van der Waals surface area contributed by atoms with Crippen LogP contribution in [0.1, 0.15) is 50.4 Å². The van der Waals surface area contributed by atoms with E-state index in [2.05, 4.69) is 15.2 Å². The van der Waals surface area contributed by atoms with E-state index in [9.17, 15) is 14.0 Å². The molecule has 2 heterocycles. The van der Waals surface area contributed by atoms with Crippen molar-refractivity contribution in [3.63, 3.8) is 0 Å². The number of carbonyl (C=O) groups is 2. The summed E-state index contributed by atoms with van der Waals surface area (Å²) in [6, 6.07) is 13.8. The van der Waals surface area contributed by atoms with Gasteiger partial charge in [-0.25, -0.2) is 9.37 Å². The molecule has 2 aromatic carbocycles. The lowest BCUT2D eigenvalue weighted by Gasteiger charge is -2.30. The predicted molar refractivity (Wildman–Crippen MR) is 158 cm³/mol. The Labute approximate surface area is 236 Å². The molecule has 0 aliphatic carbocycles. The number of nitrogens with one attached hydrogen (secondary N) is 2. The number of carbonyl (C=O) groups excluding carboxylic acids is 2. The fourth-order valence-electron chi connectivity index (χ4n) is 4.62. The molecule has 0 saturated heterocycles. The maximum absolute atomic E-state index is 13.6. The lowest BCUT2D eigenvalue weighted by Crippen LogP contribution is -2.47. The van der Waals surface area contributed by atoms with Crippen LogP contribution in [-0.4, -0.2) is 45.4 Å². The van der Waals surface area contributed by atoms with Gasteiger partial charge in [0.25, 0.3) is 0 Å². The van der Waals surface area contributed by atoms with Crippen molar-refractivity contribution in [3.8, 4) is 11.3 Å². The van der Waals surface area contributed by atoms with Crippen molar-refractivity contribution in [1.82, 2.24) is 19.8 Å². The van der Waals surface area contributed by atoms with Crippen LogP contribution >= 0.6 is 13.5 Å². The second-order valence-corrected chi connectivity index (χ2v) is 9.84. The van der Waals surface area contributed by atoms with Gasteiger partial charge < -0.3 is 25.8 Å². The summed E-state index contributed by atoms with van der Waals surface area (Å²) in [7, 11) is 0. The lowest BCUT2D eigenvalue weighted by atomic mass is 10.1. The van der Waals surface area contributed by atoms with Gasteiger partial charge in [0.1, 0.15) is 23.2 Å². The van der Waals surface area contributed by atoms with E-state index in [1.807, 2.05) is 38.1 Å². The van der Waals surface area contributed by atoms with Crippen molar-refractivity contribution in [2.75, 3.05) is 18.4 Å². The minimum atomic E-state index is -0.593. The number of benzene rings is 2. The van der Waals surface area contributed by atoms with E-state index < -0.39 is 6.04 Å². The summed E-state index contributed by atoms with van der Waals surface area (Å²) < 4.78 is 15.7. The molecule has 10 heteroatoms. The zero-order valence-electron chi connectivity index (χ0n) is 22.7. The molecule has 4 N–H and O–H groups in total. The van der Waals surface area contributed by atoms with Crippen molar-refractivity contribution in [2.45, 2.75) is 65.1 Å². The molecule has 1 aliphatic rings. The fraction of sp³-hybridized carbons (Fsp3) is 0.414. The van der Waals surface area contributed by atoms with Crippen molar-refractivity contribution in [1.29, 1.82) is 0 Å². The molecule has 2 amide bonds. The molecular weight excluding hydrogens is 515 g/mol. The van der Waals surface area contributed by atoms with Gasteiger partial charge in [0.05, 0.1) is 12.6 Å². The smallest absolute Gasteiger partial charge is 0.239 e. The van der Waals surface area contributed by atoms with Gasteiger partial charge in [0.15, 0.2) is 0 Å². The van der Waals surface area contributed by atoms with Gasteiger partial charge in [-0.3, -0.25) is 9.59 Å². The molecule has 0 radical (unpaired) electrons. The van der Waals surface area contributed by atoms with Crippen LogP contribution in [0.2, 0.25) is 0 Å². The van der Waals surface area contributed by atoms with Crippen LogP contribution in [0.4, 0.5) is 15.9 Å². The molecule has 210 valence electrons. The Morgan fingerprint density at radius 1 is 1.08 bits per heavy atom. The molecule has 0 unspecified atom stereocenters. The number of rotatable bonds is 11. The molecule has 0 spiro atoms. The first kappa shape index (κ1) is 30.2. The molecule has 1 aromatic heterocycles. The van der Waals surface area contributed by atoms with Crippen LogP contribution in [0.3, 0.4) is 0 Å². The Hall–Kier alpha value is -3.37. The summed E-state index contributed by atoms with van der Waals surface area (Å²) in [4.78, 5) is 31.3. The van der Waals surface area contributed by atoms with Crippen LogP contribution in [0.25, 0.3) is 11.3 Å². The number of fused-ring (bicyclic) bond motifs is 1. The lowest BCUT2D eigenvalue weighted by molar-refractivity contribution is -0.134. The molecule has 1 aliphatic heterocycles. The maximum Gasteiger partial charge on any atom is 0.239 e. The third kappa shape index (κ3) is 7.83. The first-order valence-electron chi connectivity index (χ1n) is 13.4. The molecule has 0 fully saturated rings. The molecular formula is C29H39FN6O2S. The number of imidazole rings is 1. The Bertz CT molecular complexity index is 1250. The van der Waals surface area contributed by atoms with Gasteiger partial charge in [0.2, 0.25) is 11.8 Å². The standard InChI is InChI=1S/C29H37FN6O2.H2S/c1-3-6-26(37)32-16-5-4-7-24(31)29(38)35-17-18-36-25(19-35)34-27(21-10-12-22(30)13-11-21)28(36)33-23-14-8-20(2)9-15-23;/h8-15,24,33H,3-7,16-19,31H2,1-2H3,(H,32,37);1H2/t24-;/m0./s1. The summed E-state index contributed by atoms with van der Waals surface area (Å²) in [6.07, 6.45) is 3.48. The Morgan fingerprint density at radius 3 is 2.49 bits per heavy atom. The third-order valence-electron chi connectivity index (χ3n) is 6.77. The second-order valence-electron chi connectivity index (χ2n) is 9.84. The Balaban J connectivity index is 0.00000420. The van der Waals surface area contributed by atoms with E-state index in [1.165, 1.54) is 12.1 Å². The van der Waals surface area contributed by atoms with Crippen LogP contribution in [0.15, 0.2) is 48.5 Å². The van der Waals surface area contributed by atoms with E-state index in [4.69, 9.17) is 10.7 Å². The molecule has 0 saturated carbocycles. The van der Waals surface area contributed by atoms with Crippen LogP contribution in [-0.2, 0) is 22.7 Å². The largest absolute Gasteiger partial charge is 0.356 e. The van der Waals surface area contributed by atoms with E-state index >= 15 is 0 Å². The average molecular weight is 555 g/mol. The molecule has 1 atom stereocenters. The number of anilines is 2. The first-order valence-corrected chi connectivity index (χ1v) is 13.4. The Morgan fingerprint density at radius 2 is 1.79 bits per heavy atom. The highest BCUT2D eigenvalue weighted by atomic mass is 32.1. The minimum absolute atomic E-state index is 0. The summed E-state index contributed by atoms with van der Waals surface area (Å²) in [5.41, 5.74) is 9.85. The average Bonchev–Trinajstić information content (AvgIpc) is 3.27. The Kier molecular flexibility index (Phi) is 10.9.